The van der Waals surface area contributed by atoms with Crippen molar-refractivity contribution in [3.8, 4) is 0 Å². The van der Waals surface area contributed by atoms with E-state index in [2.05, 4.69) is 26.2 Å². The SMILES string of the molecule is CC(C)(C)OC(=O)CNC(=O)c1ccnc2ccc(Br)cc12. The molecule has 22 heavy (non-hydrogen) atoms. The predicted octanol–water partition coefficient (Wildman–Crippen LogP) is 3.07. The van der Waals surface area contributed by atoms with Crippen LogP contribution in [0.25, 0.3) is 10.9 Å². The quantitative estimate of drug-likeness (QED) is 0.849. The van der Waals surface area contributed by atoms with E-state index in [1.807, 2.05) is 18.2 Å². The van der Waals surface area contributed by atoms with Crippen LogP contribution in [-0.2, 0) is 9.53 Å². The molecule has 0 bridgehead atoms. The molecule has 116 valence electrons. The van der Waals surface area contributed by atoms with E-state index in [-0.39, 0.29) is 12.5 Å². The molecule has 1 aromatic heterocycles. The van der Waals surface area contributed by atoms with Crippen molar-refractivity contribution in [1.82, 2.24) is 10.3 Å². The highest BCUT2D eigenvalue weighted by Gasteiger charge is 2.18. The third kappa shape index (κ3) is 4.27. The highest BCUT2D eigenvalue weighted by Crippen LogP contribution is 2.21. The van der Waals surface area contributed by atoms with Crippen LogP contribution in [0.4, 0.5) is 0 Å². The lowest BCUT2D eigenvalue weighted by Gasteiger charge is -2.19. The molecule has 0 unspecified atom stereocenters. The molecular weight excluding hydrogens is 348 g/mol. The number of ether oxygens (including phenoxy) is 1. The number of nitrogens with zero attached hydrogens (tertiary/aromatic N) is 1. The van der Waals surface area contributed by atoms with Crippen molar-refractivity contribution in [3.05, 3.63) is 40.5 Å². The number of rotatable bonds is 3. The second-order valence-corrected chi connectivity index (χ2v) is 6.70. The number of hydrogen-bond donors (Lipinski definition) is 1. The lowest BCUT2D eigenvalue weighted by atomic mass is 10.1. The zero-order chi connectivity index (χ0) is 16.3. The summed E-state index contributed by atoms with van der Waals surface area (Å²) in [5.74, 6) is -0.809. The summed E-state index contributed by atoms with van der Waals surface area (Å²) in [5.41, 5.74) is 0.610. The van der Waals surface area contributed by atoms with Crippen LogP contribution in [0, 0.1) is 0 Å². The van der Waals surface area contributed by atoms with Gasteiger partial charge in [-0.2, -0.15) is 0 Å². The van der Waals surface area contributed by atoms with Gasteiger partial charge < -0.3 is 10.1 Å². The van der Waals surface area contributed by atoms with Gasteiger partial charge in [0.15, 0.2) is 0 Å². The average molecular weight is 365 g/mol. The molecule has 1 aromatic carbocycles. The second-order valence-electron chi connectivity index (χ2n) is 5.79. The third-order valence-corrected chi connectivity index (χ3v) is 3.25. The van der Waals surface area contributed by atoms with E-state index in [9.17, 15) is 9.59 Å². The molecule has 2 aromatic rings. The fourth-order valence-corrected chi connectivity index (χ4v) is 2.30. The summed E-state index contributed by atoms with van der Waals surface area (Å²) in [6.07, 6.45) is 1.57. The number of esters is 1. The highest BCUT2D eigenvalue weighted by molar-refractivity contribution is 9.10. The number of aromatic nitrogens is 1. The standard InChI is InChI=1S/C16H17BrN2O3/c1-16(2,3)22-14(20)9-19-15(21)11-6-7-18-13-5-4-10(17)8-12(11)13/h4-8H,9H2,1-3H3,(H,19,21). The van der Waals surface area contributed by atoms with Crippen LogP contribution in [0.2, 0.25) is 0 Å². The summed E-state index contributed by atoms with van der Waals surface area (Å²) >= 11 is 3.38. The van der Waals surface area contributed by atoms with Crippen LogP contribution < -0.4 is 5.32 Å². The molecule has 0 aliphatic carbocycles. The fraction of sp³-hybridized carbons (Fsp3) is 0.312. The van der Waals surface area contributed by atoms with Gasteiger partial charge in [-0.05, 0) is 45.0 Å². The summed E-state index contributed by atoms with van der Waals surface area (Å²) in [6, 6.07) is 7.13. The number of hydrogen-bond acceptors (Lipinski definition) is 4. The number of amides is 1. The Morgan fingerprint density at radius 3 is 2.68 bits per heavy atom. The second kappa shape index (κ2) is 6.44. The van der Waals surface area contributed by atoms with Crippen LogP contribution in [-0.4, -0.2) is 29.0 Å². The molecule has 1 N–H and O–H groups in total. The third-order valence-electron chi connectivity index (χ3n) is 2.76. The van der Waals surface area contributed by atoms with Crippen molar-refractivity contribution in [1.29, 1.82) is 0 Å². The Labute approximate surface area is 137 Å². The van der Waals surface area contributed by atoms with Crippen LogP contribution in [0.5, 0.6) is 0 Å². The van der Waals surface area contributed by atoms with Gasteiger partial charge in [-0.3, -0.25) is 14.6 Å². The summed E-state index contributed by atoms with van der Waals surface area (Å²) in [4.78, 5) is 28.2. The Balaban J connectivity index is 2.13. The van der Waals surface area contributed by atoms with Crippen LogP contribution in [0.1, 0.15) is 31.1 Å². The number of fused-ring (bicyclic) bond motifs is 1. The summed E-state index contributed by atoms with van der Waals surface area (Å²) < 4.78 is 6.01. The van der Waals surface area contributed by atoms with Crippen molar-refractivity contribution in [2.45, 2.75) is 26.4 Å². The molecule has 5 nitrogen and oxygen atoms in total. The first-order valence-corrected chi connectivity index (χ1v) is 7.60. The number of carbonyl (C=O) groups is 2. The molecular formula is C16H17BrN2O3. The first-order valence-electron chi connectivity index (χ1n) is 6.80. The summed E-state index contributed by atoms with van der Waals surface area (Å²) in [5, 5.41) is 3.30. The van der Waals surface area contributed by atoms with Crippen molar-refractivity contribution in [3.63, 3.8) is 0 Å². The number of nitrogens with one attached hydrogen (secondary N) is 1. The van der Waals surface area contributed by atoms with Crippen LogP contribution in [0.15, 0.2) is 34.9 Å². The molecule has 0 aliphatic heterocycles. The van der Waals surface area contributed by atoms with E-state index in [1.54, 1.807) is 33.0 Å². The topological polar surface area (TPSA) is 68.3 Å². The average Bonchev–Trinajstić information content (AvgIpc) is 2.42. The first-order chi connectivity index (χ1) is 10.3. The van der Waals surface area contributed by atoms with Crippen molar-refractivity contribution < 1.29 is 14.3 Å². The zero-order valence-corrected chi connectivity index (χ0v) is 14.2. The summed E-state index contributed by atoms with van der Waals surface area (Å²) in [7, 11) is 0. The maximum atomic E-state index is 12.3. The van der Waals surface area contributed by atoms with Crippen LogP contribution >= 0.6 is 15.9 Å². The van der Waals surface area contributed by atoms with E-state index in [1.165, 1.54) is 0 Å². The Kier molecular flexibility index (Phi) is 4.81. The number of benzene rings is 1. The fourth-order valence-electron chi connectivity index (χ4n) is 1.94. The molecule has 0 fully saturated rings. The van der Waals surface area contributed by atoms with E-state index < -0.39 is 11.6 Å². The first kappa shape index (κ1) is 16.4. The molecule has 2 rings (SSSR count). The predicted molar refractivity (Wildman–Crippen MR) is 87.6 cm³/mol. The lowest BCUT2D eigenvalue weighted by Crippen LogP contribution is -2.34. The minimum absolute atomic E-state index is 0.173. The van der Waals surface area contributed by atoms with E-state index in [4.69, 9.17) is 4.74 Å². The number of pyridine rings is 1. The molecule has 0 spiro atoms. The van der Waals surface area contributed by atoms with Gasteiger partial charge in [-0.1, -0.05) is 15.9 Å². The van der Waals surface area contributed by atoms with Gasteiger partial charge in [-0.25, -0.2) is 0 Å². The van der Waals surface area contributed by atoms with Gasteiger partial charge in [0.25, 0.3) is 5.91 Å². The van der Waals surface area contributed by atoms with Crippen LogP contribution in [0.3, 0.4) is 0 Å². The van der Waals surface area contributed by atoms with Crippen molar-refractivity contribution in [2.24, 2.45) is 0 Å². The van der Waals surface area contributed by atoms with E-state index >= 15 is 0 Å². The molecule has 6 heteroatoms. The largest absolute Gasteiger partial charge is 0.459 e. The highest BCUT2D eigenvalue weighted by atomic mass is 79.9. The molecule has 0 radical (unpaired) electrons. The molecule has 0 aliphatic rings. The van der Waals surface area contributed by atoms with Crippen molar-refractivity contribution in [2.75, 3.05) is 6.54 Å². The normalized spacial score (nSPS) is 11.3. The molecule has 1 heterocycles. The minimum atomic E-state index is -0.573. The van der Waals surface area contributed by atoms with Crippen molar-refractivity contribution >= 4 is 38.7 Å². The molecule has 0 atom stereocenters. The van der Waals surface area contributed by atoms with Gasteiger partial charge in [-0.15, -0.1) is 0 Å². The Bertz CT molecular complexity index is 723. The Morgan fingerprint density at radius 1 is 1.27 bits per heavy atom. The zero-order valence-electron chi connectivity index (χ0n) is 12.6. The van der Waals surface area contributed by atoms with E-state index in [0.717, 1.165) is 9.86 Å². The maximum Gasteiger partial charge on any atom is 0.325 e. The van der Waals surface area contributed by atoms with Gasteiger partial charge in [0.2, 0.25) is 0 Å². The monoisotopic (exact) mass is 364 g/mol. The van der Waals surface area contributed by atoms with E-state index in [0.29, 0.717) is 11.1 Å². The molecule has 0 saturated carbocycles. The maximum absolute atomic E-state index is 12.3. The molecule has 0 saturated heterocycles. The lowest BCUT2D eigenvalue weighted by molar-refractivity contribution is -0.153. The minimum Gasteiger partial charge on any atom is -0.459 e. The van der Waals surface area contributed by atoms with Gasteiger partial charge >= 0.3 is 5.97 Å². The number of halogens is 1. The number of carbonyl (C=O) groups excluding carboxylic acids is 2. The summed E-state index contributed by atoms with van der Waals surface area (Å²) in [6.45, 7) is 5.16. The smallest absolute Gasteiger partial charge is 0.325 e. The Morgan fingerprint density at radius 2 is 2.00 bits per heavy atom. The van der Waals surface area contributed by atoms with Gasteiger partial charge in [0, 0.05) is 16.1 Å². The Hall–Kier alpha value is -1.95. The van der Waals surface area contributed by atoms with Gasteiger partial charge in [0.05, 0.1) is 11.1 Å². The molecule has 1 amide bonds. The van der Waals surface area contributed by atoms with Gasteiger partial charge in [0.1, 0.15) is 12.1 Å².